The summed E-state index contributed by atoms with van der Waals surface area (Å²) in [6.45, 7) is 4.13. The van der Waals surface area contributed by atoms with Crippen molar-refractivity contribution in [1.82, 2.24) is 9.78 Å². The molecule has 0 radical (unpaired) electrons. The van der Waals surface area contributed by atoms with Crippen LogP contribution in [0.4, 0.5) is 0 Å². The molecule has 4 heteroatoms. The van der Waals surface area contributed by atoms with Crippen molar-refractivity contribution in [3.8, 4) is 11.6 Å². The van der Waals surface area contributed by atoms with E-state index in [1.807, 2.05) is 55.5 Å². The Morgan fingerprint density at radius 3 is 2.46 bits per heavy atom. The van der Waals surface area contributed by atoms with E-state index >= 15 is 0 Å². The number of hydrogen-bond donors (Lipinski definition) is 0. The molecule has 0 unspecified atom stereocenters. The summed E-state index contributed by atoms with van der Waals surface area (Å²) in [5.74, 6) is 0.0584. The van der Waals surface area contributed by atoms with E-state index in [-0.39, 0.29) is 5.97 Å². The lowest BCUT2D eigenvalue weighted by Crippen LogP contribution is -2.11. The van der Waals surface area contributed by atoms with E-state index in [0.29, 0.717) is 11.4 Å². The Bertz CT molecular complexity index is 821. The lowest BCUT2D eigenvalue weighted by molar-refractivity contribution is 0.0723. The van der Waals surface area contributed by atoms with Crippen LogP contribution in [0.1, 0.15) is 35.0 Å². The number of nitrogens with zero attached hydrogens (tertiary/aromatic N) is 2. The van der Waals surface area contributed by atoms with Crippen molar-refractivity contribution in [2.45, 2.75) is 26.7 Å². The quantitative estimate of drug-likeness (QED) is 0.656. The zero-order valence-electron chi connectivity index (χ0n) is 13.9. The molecule has 0 aliphatic rings. The summed E-state index contributed by atoms with van der Waals surface area (Å²) < 4.78 is 7.29. The Kier molecular flexibility index (Phi) is 4.75. The van der Waals surface area contributed by atoms with Gasteiger partial charge in [0.1, 0.15) is 0 Å². The molecule has 1 aromatic heterocycles. The molecule has 24 heavy (non-hydrogen) atoms. The van der Waals surface area contributed by atoms with Gasteiger partial charge in [0, 0.05) is 6.07 Å². The second-order valence-corrected chi connectivity index (χ2v) is 5.73. The predicted octanol–water partition coefficient (Wildman–Crippen LogP) is 4.35. The monoisotopic (exact) mass is 320 g/mol. The molecule has 0 saturated carbocycles. The van der Waals surface area contributed by atoms with Gasteiger partial charge in [-0.15, -0.1) is 0 Å². The number of aryl methyl sites for hydroxylation is 2. The molecule has 0 fully saturated rings. The Hall–Kier alpha value is -2.88. The lowest BCUT2D eigenvalue weighted by Gasteiger charge is -2.08. The first-order valence-electron chi connectivity index (χ1n) is 8.10. The molecule has 0 aliphatic heterocycles. The van der Waals surface area contributed by atoms with Gasteiger partial charge in [0.2, 0.25) is 5.88 Å². The van der Waals surface area contributed by atoms with Crippen LogP contribution >= 0.6 is 0 Å². The maximum atomic E-state index is 12.4. The first-order valence-corrected chi connectivity index (χ1v) is 8.10. The van der Waals surface area contributed by atoms with Crippen LogP contribution in [0.25, 0.3) is 5.69 Å². The summed E-state index contributed by atoms with van der Waals surface area (Å²) in [6, 6.07) is 18.8. The highest BCUT2D eigenvalue weighted by atomic mass is 16.5. The molecule has 2 aromatic carbocycles. The van der Waals surface area contributed by atoms with Gasteiger partial charge in [-0.1, -0.05) is 49.2 Å². The zero-order valence-corrected chi connectivity index (χ0v) is 13.9. The molecule has 0 atom stereocenters. The van der Waals surface area contributed by atoms with Crippen LogP contribution < -0.4 is 4.74 Å². The van der Waals surface area contributed by atoms with E-state index < -0.39 is 0 Å². The number of hydrogen-bond acceptors (Lipinski definition) is 3. The normalized spacial score (nSPS) is 10.6. The largest absolute Gasteiger partial charge is 0.404 e. The molecular weight excluding hydrogens is 300 g/mol. The van der Waals surface area contributed by atoms with Crippen molar-refractivity contribution in [1.29, 1.82) is 0 Å². The number of rotatable bonds is 5. The van der Waals surface area contributed by atoms with Gasteiger partial charge in [0.25, 0.3) is 0 Å². The highest BCUT2D eigenvalue weighted by Gasteiger charge is 2.15. The fourth-order valence-corrected chi connectivity index (χ4v) is 2.46. The third kappa shape index (κ3) is 3.54. The number of carbonyl (C=O) groups is 1. The predicted molar refractivity (Wildman–Crippen MR) is 93.7 cm³/mol. The number of carbonyl (C=O) groups excluding carboxylic acids is 1. The second kappa shape index (κ2) is 7.13. The van der Waals surface area contributed by atoms with Crippen molar-refractivity contribution in [3.63, 3.8) is 0 Å². The molecule has 0 aliphatic carbocycles. The van der Waals surface area contributed by atoms with Gasteiger partial charge in [0.05, 0.1) is 16.9 Å². The van der Waals surface area contributed by atoms with Crippen LogP contribution in [0.5, 0.6) is 5.88 Å². The standard InChI is InChI=1S/C20H20N2O2/c1-3-7-17-14-19(24-20(23)16-8-5-4-6-9-16)22(21-17)18-12-10-15(2)11-13-18/h4-6,8-14H,3,7H2,1-2H3. The lowest BCUT2D eigenvalue weighted by atomic mass is 10.2. The molecule has 3 aromatic rings. The summed E-state index contributed by atoms with van der Waals surface area (Å²) >= 11 is 0. The molecule has 0 saturated heterocycles. The Balaban J connectivity index is 1.93. The van der Waals surface area contributed by atoms with Gasteiger partial charge in [-0.05, 0) is 37.6 Å². The maximum absolute atomic E-state index is 12.4. The summed E-state index contributed by atoms with van der Waals surface area (Å²) in [4.78, 5) is 12.4. The van der Waals surface area contributed by atoms with Crippen molar-refractivity contribution in [3.05, 3.63) is 77.5 Å². The third-order valence-corrected chi connectivity index (χ3v) is 3.72. The fraction of sp³-hybridized carbons (Fsp3) is 0.200. The van der Waals surface area contributed by atoms with Crippen LogP contribution in [0.15, 0.2) is 60.7 Å². The van der Waals surface area contributed by atoms with E-state index in [0.717, 1.165) is 24.2 Å². The minimum atomic E-state index is -0.382. The first-order chi connectivity index (χ1) is 11.7. The van der Waals surface area contributed by atoms with E-state index in [4.69, 9.17) is 4.74 Å². The van der Waals surface area contributed by atoms with Crippen LogP contribution in [-0.4, -0.2) is 15.7 Å². The zero-order chi connectivity index (χ0) is 16.9. The highest BCUT2D eigenvalue weighted by Crippen LogP contribution is 2.22. The van der Waals surface area contributed by atoms with Crippen molar-refractivity contribution < 1.29 is 9.53 Å². The van der Waals surface area contributed by atoms with E-state index in [1.165, 1.54) is 5.56 Å². The molecule has 1 heterocycles. The minimum absolute atomic E-state index is 0.382. The molecule has 3 rings (SSSR count). The van der Waals surface area contributed by atoms with Crippen molar-refractivity contribution in [2.75, 3.05) is 0 Å². The summed E-state index contributed by atoms with van der Waals surface area (Å²) in [6.07, 6.45) is 1.83. The summed E-state index contributed by atoms with van der Waals surface area (Å²) in [7, 11) is 0. The van der Waals surface area contributed by atoms with Crippen LogP contribution in [0, 0.1) is 6.92 Å². The number of ether oxygens (including phenoxy) is 1. The second-order valence-electron chi connectivity index (χ2n) is 5.73. The third-order valence-electron chi connectivity index (χ3n) is 3.72. The van der Waals surface area contributed by atoms with Crippen LogP contribution in [0.2, 0.25) is 0 Å². The van der Waals surface area contributed by atoms with Gasteiger partial charge in [-0.2, -0.15) is 5.10 Å². The van der Waals surface area contributed by atoms with Gasteiger partial charge < -0.3 is 4.74 Å². The van der Waals surface area contributed by atoms with Gasteiger partial charge in [-0.3, -0.25) is 0 Å². The molecule has 4 nitrogen and oxygen atoms in total. The van der Waals surface area contributed by atoms with Crippen LogP contribution in [0.3, 0.4) is 0 Å². The van der Waals surface area contributed by atoms with Gasteiger partial charge in [-0.25, -0.2) is 9.48 Å². The molecule has 0 amide bonds. The highest BCUT2D eigenvalue weighted by molar-refractivity contribution is 5.90. The number of esters is 1. The SMILES string of the molecule is CCCc1cc(OC(=O)c2ccccc2)n(-c2ccc(C)cc2)n1. The van der Waals surface area contributed by atoms with Gasteiger partial charge >= 0.3 is 5.97 Å². The number of benzene rings is 2. The van der Waals surface area contributed by atoms with Gasteiger partial charge in [0.15, 0.2) is 0 Å². The van der Waals surface area contributed by atoms with Crippen molar-refractivity contribution in [2.24, 2.45) is 0 Å². The topological polar surface area (TPSA) is 44.1 Å². The van der Waals surface area contributed by atoms with E-state index in [2.05, 4.69) is 12.0 Å². The maximum Gasteiger partial charge on any atom is 0.344 e. The van der Waals surface area contributed by atoms with Crippen LogP contribution in [-0.2, 0) is 6.42 Å². The molecular formula is C20H20N2O2. The average Bonchev–Trinajstić information content (AvgIpc) is 2.99. The average molecular weight is 320 g/mol. The molecule has 122 valence electrons. The molecule has 0 spiro atoms. The van der Waals surface area contributed by atoms with E-state index in [1.54, 1.807) is 16.8 Å². The van der Waals surface area contributed by atoms with Crippen molar-refractivity contribution >= 4 is 5.97 Å². The summed E-state index contributed by atoms with van der Waals surface area (Å²) in [5.41, 5.74) is 3.47. The Morgan fingerprint density at radius 1 is 1.08 bits per heavy atom. The Morgan fingerprint density at radius 2 is 1.79 bits per heavy atom. The molecule has 0 bridgehead atoms. The first kappa shape index (κ1) is 16.0. The molecule has 0 N–H and O–H groups in total. The Labute approximate surface area is 141 Å². The fourth-order valence-electron chi connectivity index (χ4n) is 2.46. The smallest absolute Gasteiger partial charge is 0.344 e. The summed E-state index contributed by atoms with van der Waals surface area (Å²) in [5, 5.41) is 4.59. The van der Waals surface area contributed by atoms with E-state index in [9.17, 15) is 4.79 Å². The number of aromatic nitrogens is 2. The minimum Gasteiger partial charge on any atom is -0.404 e.